The highest BCUT2D eigenvalue weighted by molar-refractivity contribution is 9.09. The molecule has 0 atom stereocenters. The van der Waals surface area contributed by atoms with E-state index in [9.17, 15) is 0 Å². The fourth-order valence-electron chi connectivity index (χ4n) is 1.69. The number of nitrogens with one attached hydrogen (secondary N) is 1. The highest BCUT2D eigenvalue weighted by Crippen LogP contribution is 2.21. The van der Waals surface area contributed by atoms with Crippen LogP contribution in [0.3, 0.4) is 0 Å². The molecule has 1 heterocycles. The van der Waals surface area contributed by atoms with E-state index in [2.05, 4.69) is 47.1 Å². The number of halogens is 2. The lowest BCUT2D eigenvalue weighted by Gasteiger charge is -2.25. The van der Waals surface area contributed by atoms with Crippen LogP contribution in [0.25, 0.3) is 0 Å². The summed E-state index contributed by atoms with van der Waals surface area (Å²) in [6.07, 6.45) is 1.07. The van der Waals surface area contributed by atoms with E-state index in [0.717, 1.165) is 41.3 Å². The van der Waals surface area contributed by atoms with Crippen LogP contribution in [-0.2, 0) is 13.1 Å². The maximum atomic E-state index is 6.27. The van der Waals surface area contributed by atoms with Crippen LogP contribution in [0, 0.1) is 6.92 Å². The van der Waals surface area contributed by atoms with Gasteiger partial charge in [0.25, 0.3) is 0 Å². The quantitative estimate of drug-likeness (QED) is 0.812. The molecule has 98 valence electrons. The molecule has 0 aromatic carbocycles. The molecular formula is C12H21BrClN3. The molecule has 3 nitrogen and oxygen atoms in total. The maximum absolute atomic E-state index is 6.27. The first-order valence-corrected chi connectivity index (χ1v) is 7.44. The normalized spacial score (nSPS) is 12.1. The van der Waals surface area contributed by atoms with Gasteiger partial charge in [-0.25, -0.2) is 0 Å². The summed E-state index contributed by atoms with van der Waals surface area (Å²) < 4.78 is 1.97. The molecule has 1 aromatic rings. The highest BCUT2D eigenvalue weighted by atomic mass is 79.9. The molecule has 1 rings (SSSR count). The smallest absolute Gasteiger partial charge is 0.0860 e. The third-order valence-electron chi connectivity index (χ3n) is 2.91. The molecule has 0 amide bonds. The molecule has 0 unspecified atom stereocenters. The van der Waals surface area contributed by atoms with Gasteiger partial charge in [-0.3, -0.25) is 4.68 Å². The van der Waals surface area contributed by atoms with Gasteiger partial charge in [-0.1, -0.05) is 27.5 Å². The van der Waals surface area contributed by atoms with Gasteiger partial charge in [0.2, 0.25) is 0 Å². The summed E-state index contributed by atoms with van der Waals surface area (Å²) in [6.45, 7) is 10.0. The monoisotopic (exact) mass is 321 g/mol. The van der Waals surface area contributed by atoms with Gasteiger partial charge in [0.05, 0.1) is 16.4 Å². The van der Waals surface area contributed by atoms with E-state index in [4.69, 9.17) is 11.6 Å². The van der Waals surface area contributed by atoms with Crippen molar-refractivity contribution in [3.63, 3.8) is 0 Å². The highest BCUT2D eigenvalue weighted by Gasteiger charge is 2.19. The Labute approximate surface area is 117 Å². The van der Waals surface area contributed by atoms with Gasteiger partial charge < -0.3 is 5.32 Å². The first-order chi connectivity index (χ1) is 7.91. The van der Waals surface area contributed by atoms with E-state index in [-0.39, 0.29) is 5.54 Å². The van der Waals surface area contributed by atoms with Crippen LogP contribution >= 0.6 is 27.5 Å². The van der Waals surface area contributed by atoms with Gasteiger partial charge in [0, 0.05) is 24.0 Å². The average molecular weight is 323 g/mol. The molecular weight excluding hydrogens is 302 g/mol. The van der Waals surface area contributed by atoms with Crippen LogP contribution in [0.1, 0.15) is 38.6 Å². The minimum Gasteiger partial charge on any atom is -0.306 e. The van der Waals surface area contributed by atoms with Crippen LogP contribution in [0.5, 0.6) is 0 Å². The molecule has 1 aromatic heterocycles. The third kappa shape index (κ3) is 3.97. The molecule has 0 saturated carbocycles. The summed E-state index contributed by atoms with van der Waals surface area (Å²) in [5, 5.41) is 9.72. The minimum absolute atomic E-state index is 0.101. The van der Waals surface area contributed by atoms with Crippen LogP contribution < -0.4 is 5.32 Å². The summed E-state index contributed by atoms with van der Waals surface area (Å²) in [7, 11) is 0. The van der Waals surface area contributed by atoms with Crippen molar-refractivity contribution in [2.24, 2.45) is 0 Å². The van der Waals surface area contributed by atoms with E-state index in [0.29, 0.717) is 0 Å². The summed E-state index contributed by atoms with van der Waals surface area (Å²) in [5.41, 5.74) is 2.08. The zero-order valence-corrected chi connectivity index (χ0v) is 13.3. The Kier molecular flexibility index (Phi) is 5.48. The van der Waals surface area contributed by atoms with Crippen molar-refractivity contribution in [3.05, 3.63) is 16.4 Å². The second-order valence-corrected chi connectivity index (χ2v) is 6.01. The third-order valence-corrected chi connectivity index (χ3v) is 3.79. The Bertz CT molecular complexity index is 374. The SMILES string of the molecule is CCn1nc(C)c(Cl)c1CNC(C)(C)CCBr. The molecule has 1 N–H and O–H groups in total. The van der Waals surface area contributed by atoms with Crippen LogP contribution in [0.2, 0.25) is 5.02 Å². The lowest BCUT2D eigenvalue weighted by molar-refractivity contribution is 0.370. The Morgan fingerprint density at radius 3 is 2.65 bits per heavy atom. The number of hydrogen-bond donors (Lipinski definition) is 1. The molecule has 17 heavy (non-hydrogen) atoms. The van der Waals surface area contributed by atoms with Crippen molar-refractivity contribution in [3.8, 4) is 0 Å². The molecule has 0 fully saturated rings. The van der Waals surface area contributed by atoms with E-state index in [1.165, 1.54) is 0 Å². The number of rotatable bonds is 6. The van der Waals surface area contributed by atoms with Crippen molar-refractivity contribution in [2.75, 3.05) is 5.33 Å². The summed E-state index contributed by atoms with van der Waals surface area (Å²) >= 11 is 9.74. The van der Waals surface area contributed by atoms with Gasteiger partial charge >= 0.3 is 0 Å². The average Bonchev–Trinajstić information content (AvgIpc) is 2.52. The topological polar surface area (TPSA) is 29.9 Å². The van der Waals surface area contributed by atoms with Crippen molar-refractivity contribution < 1.29 is 0 Å². The van der Waals surface area contributed by atoms with Gasteiger partial charge in [0.1, 0.15) is 0 Å². The molecule has 0 aliphatic carbocycles. The van der Waals surface area contributed by atoms with Crippen molar-refractivity contribution in [2.45, 2.75) is 52.7 Å². The lowest BCUT2D eigenvalue weighted by Crippen LogP contribution is -2.39. The van der Waals surface area contributed by atoms with Crippen molar-refractivity contribution >= 4 is 27.5 Å². The largest absolute Gasteiger partial charge is 0.306 e. The second kappa shape index (κ2) is 6.21. The first kappa shape index (κ1) is 15.0. The Hall–Kier alpha value is -0.0600. The fraction of sp³-hybridized carbons (Fsp3) is 0.750. The first-order valence-electron chi connectivity index (χ1n) is 5.94. The Morgan fingerprint density at radius 1 is 1.47 bits per heavy atom. The molecule has 0 radical (unpaired) electrons. The molecule has 0 spiro atoms. The van der Waals surface area contributed by atoms with E-state index in [1.807, 2.05) is 11.6 Å². The molecule has 0 saturated heterocycles. The fourth-order valence-corrected chi connectivity index (χ4v) is 2.88. The van der Waals surface area contributed by atoms with Gasteiger partial charge in [-0.05, 0) is 34.1 Å². The summed E-state index contributed by atoms with van der Waals surface area (Å²) in [5.74, 6) is 0. The Morgan fingerprint density at radius 2 is 2.12 bits per heavy atom. The molecule has 5 heteroatoms. The zero-order valence-electron chi connectivity index (χ0n) is 11.0. The molecule has 0 bridgehead atoms. The maximum Gasteiger partial charge on any atom is 0.0860 e. The number of aryl methyl sites for hydroxylation is 2. The standard InChI is InChI=1S/C12H21BrClN3/c1-5-17-10(11(14)9(2)16-17)8-15-12(3,4)6-7-13/h15H,5-8H2,1-4H3. The van der Waals surface area contributed by atoms with Gasteiger partial charge in [-0.2, -0.15) is 5.10 Å². The number of hydrogen-bond acceptors (Lipinski definition) is 2. The number of nitrogens with zero attached hydrogens (tertiary/aromatic N) is 2. The van der Waals surface area contributed by atoms with Gasteiger partial charge in [0.15, 0.2) is 0 Å². The van der Waals surface area contributed by atoms with Crippen LogP contribution in [0.15, 0.2) is 0 Å². The number of aromatic nitrogens is 2. The van der Waals surface area contributed by atoms with Crippen molar-refractivity contribution in [1.82, 2.24) is 15.1 Å². The predicted octanol–water partition coefficient (Wildman–Crippen LogP) is 3.52. The zero-order chi connectivity index (χ0) is 13.1. The Balaban J connectivity index is 2.75. The minimum atomic E-state index is 0.101. The van der Waals surface area contributed by atoms with E-state index >= 15 is 0 Å². The second-order valence-electron chi connectivity index (χ2n) is 4.84. The van der Waals surface area contributed by atoms with Crippen molar-refractivity contribution in [1.29, 1.82) is 0 Å². The van der Waals surface area contributed by atoms with Gasteiger partial charge in [-0.15, -0.1) is 0 Å². The number of alkyl halides is 1. The molecule has 0 aliphatic heterocycles. The van der Waals surface area contributed by atoms with Crippen LogP contribution in [-0.4, -0.2) is 20.6 Å². The van der Waals surface area contributed by atoms with E-state index < -0.39 is 0 Å². The lowest BCUT2D eigenvalue weighted by atomic mass is 10.0. The van der Waals surface area contributed by atoms with Crippen LogP contribution in [0.4, 0.5) is 0 Å². The summed E-state index contributed by atoms with van der Waals surface area (Å²) in [4.78, 5) is 0. The summed E-state index contributed by atoms with van der Waals surface area (Å²) in [6, 6.07) is 0. The molecule has 0 aliphatic rings. The van der Waals surface area contributed by atoms with E-state index in [1.54, 1.807) is 0 Å². The predicted molar refractivity (Wildman–Crippen MR) is 77.0 cm³/mol.